The van der Waals surface area contributed by atoms with Crippen molar-refractivity contribution in [1.82, 2.24) is 9.46 Å². The Morgan fingerprint density at radius 1 is 1.11 bits per heavy atom. The number of benzene rings is 2. The number of aryl methyl sites for hydroxylation is 2. The summed E-state index contributed by atoms with van der Waals surface area (Å²) in [5, 5.41) is 6.89. The number of hydrogen-bond acceptors (Lipinski definition) is 5. The first-order valence-corrected chi connectivity index (χ1v) is 14.2. The van der Waals surface area contributed by atoms with Crippen LogP contribution in [0.5, 0.6) is 0 Å². The van der Waals surface area contributed by atoms with Gasteiger partial charge in [0.15, 0.2) is 10.7 Å². The number of carbonyl (C=O) groups excluding carboxylic acids is 1. The maximum Gasteiger partial charge on any atom is 0.248 e. The molecule has 5 rings (SSSR count). The first-order chi connectivity index (χ1) is 18.2. The second-order valence-corrected chi connectivity index (χ2v) is 11.7. The normalized spacial score (nSPS) is 17.0. The van der Waals surface area contributed by atoms with Gasteiger partial charge in [0.25, 0.3) is 0 Å². The van der Waals surface area contributed by atoms with Gasteiger partial charge in [-0.05, 0) is 86.9 Å². The fraction of sp³-hybridized carbons (Fsp3) is 0.357. The summed E-state index contributed by atoms with van der Waals surface area (Å²) in [5.41, 5.74) is 3.60. The average molecular weight is 542 g/mol. The minimum Gasteiger partial charge on any atom is -0.355 e. The maximum absolute atomic E-state index is 14.0. The second-order valence-electron chi connectivity index (χ2n) is 9.78. The van der Waals surface area contributed by atoms with E-state index in [0.29, 0.717) is 12.8 Å². The van der Waals surface area contributed by atoms with Gasteiger partial charge in [0.2, 0.25) is 15.9 Å². The van der Waals surface area contributed by atoms with Crippen molar-refractivity contribution >= 4 is 33.8 Å². The molecule has 0 atom stereocenters. The standard InChI is InChI=1S/C28H29F2N3O4S/c1-18-27(26(37-32-18)12-10-20-9-11-22(29)17-24(20)30)38(35,36)33-15-13-21(14-16-33)28(34)31-25-8-4-6-19-5-2-3-7-23(19)25/h4,6,8-12,17,21H,2-3,5,7,13-16H2,1H3,(H,31,34)/b12-10+. The molecule has 1 amide bonds. The van der Waals surface area contributed by atoms with Crippen LogP contribution in [0.15, 0.2) is 45.8 Å². The molecule has 1 aliphatic carbocycles. The van der Waals surface area contributed by atoms with E-state index in [1.807, 2.05) is 12.1 Å². The Kier molecular flexibility index (Phi) is 7.45. The number of hydrogen-bond donors (Lipinski definition) is 1. The lowest BCUT2D eigenvalue weighted by atomic mass is 9.90. The molecule has 1 fully saturated rings. The molecule has 1 aliphatic heterocycles. The molecular weight excluding hydrogens is 512 g/mol. The van der Waals surface area contributed by atoms with Crippen molar-refractivity contribution in [2.45, 2.75) is 50.3 Å². The van der Waals surface area contributed by atoms with Crippen LogP contribution >= 0.6 is 0 Å². The number of nitrogens with one attached hydrogen (secondary N) is 1. The molecule has 200 valence electrons. The first kappa shape index (κ1) is 26.2. The predicted molar refractivity (Wildman–Crippen MR) is 140 cm³/mol. The van der Waals surface area contributed by atoms with Gasteiger partial charge in [-0.2, -0.15) is 4.31 Å². The molecule has 0 unspecified atom stereocenters. The third kappa shape index (κ3) is 5.28. The SMILES string of the molecule is Cc1noc(/C=C/c2ccc(F)cc2F)c1S(=O)(=O)N1CCC(C(=O)Nc2cccc3c2CCCC3)CC1. The Morgan fingerprint density at radius 3 is 2.63 bits per heavy atom. The van der Waals surface area contributed by atoms with Crippen molar-refractivity contribution < 1.29 is 26.5 Å². The Labute approximate surface area is 220 Å². The molecule has 7 nitrogen and oxygen atoms in total. The van der Waals surface area contributed by atoms with Crippen molar-refractivity contribution in [2.75, 3.05) is 18.4 Å². The average Bonchev–Trinajstić information content (AvgIpc) is 3.29. The number of nitrogens with zero attached hydrogens (tertiary/aromatic N) is 2. The Hall–Kier alpha value is -3.37. The molecule has 1 saturated heterocycles. The Balaban J connectivity index is 1.27. The predicted octanol–water partition coefficient (Wildman–Crippen LogP) is 5.35. The summed E-state index contributed by atoms with van der Waals surface area (Å²) in [7, 11) is -3.98. The highest BCUT2D eigenvalue weighted by molar-refractivity contribution is 7.89. The monoisotopic (exact) mass is 541 g/mol. The molecular formula is C28H29F2N3O4S. The van der Waals surface area contributed by atoms with E-state index in [2.05, 4.69) is 16.5 Å². The van der Waals surface area contributed by atoms with E-state index in [0.717, 1.165) is 43.5 Å². The summed E-state index contributed by atoms with van der Waals surface area (Å²) in [6.07, 6.45) is 7.63. The summed E-state index contributed by atoms with van der Waals surface area (Å²) < 4.78 is 60.8. The van der Waals surface area contributed by atoms with Gasteiger partial charge < -0.3 is 9.84 Å². The van der Waals surface area contributed by atoms with E-state index >= 15 is 0 Å². The van der Waals surface area contributed by atoms with Crippen molar-refractivity contribution in [3.05, 3.63) is 76.2 Å². The van der Waals surface area contributed by atoms with Crippen LogP contribution in [0.4, 0.5) is 14.5 Å². The molecule has 10 heteroatoms. The molecule has 1 aromatic heterocycles. The van der Waals surface area contributed by atoms with Gasteiger partial charge in [-0.3, -0.25) is 4.79 Å². The number of aromatic nitrogens is 1. The minimum atomic E-state index is -3.98. The van der Waals surface area contributed by atoms with E-state index < -0.39 is 21.7 Å². The second kappa shape index (κ2) is 10.8. The van der Waals surface area contributed by atoms with E-state index in [-0.39, 0.29) is 46.8 Å². The number of sulfonamides is 1. The van der Waals surface area contributed by atoms with E-state index in [1.165, 1.54) is 40.6 Å². The highest BCUT2D eigenvalue weighted by atomic mass is 32.2. The molecule has 0 spiro atoms. The van der Waals surface area contributed by atoms with Crippen LogP contribution in [0, 0.1) is 24.5 Å². The first-order valence-electron chi connectivity index (χ1n) is 12.7. The van der Waals surface area contributed by atoms with Crippen LogP contribution in [0.2, 0.25) is 0 Å². The van der Waals surface area contributed by atoms with Crippen LogP contribution in [-0.4, -0.2) is 36.9 Å². The zero-order valence-electron chi connectivity index (χ0n) is 21.0. The lowest BCUT2D eigenvalue weighted by molar-refractivity contribution is -0.120. The van der Waals surface area contributed by atoms with Gasteiger partial charge in [0.05, 0.1) is 0 Å². The molecule has 2 heterocycles. The Bertz CT molecular complexity index is 1490. The fourth-order valence-corrected chi connectivity index (χ4v) is 6.94. The van der Waals surface area contributed by atoms with Crippen LogP contribution in [0.3, 0.4) is 0 Å². The van der Waals surface area contributed by atoms with E-state index in [9.17, 15) is 22.0 Å². The van der Waals surface area contributed by atoms with Crippen LogP contribution in [-0.2, 0) is 27.7 Å². The topological polar surface area (TPSA) is 92.5 Å². The lowest BCUT2D eigenvalue weighted by Crippen LogP contribution is -2.41. The largest absolute Gasteiger partial charge is 0.355 e. The van der Waals surface area contributed by atoms with Crippen molar-refractivity contribution in [2.24, 2.45) is 5.92 Å². The third-order valence-electron chi connectivity index (χ3n) is 7.29. The number of halogens is 2. The van der Waals surface area contributed by atoms with Gasteiger partial charge in [-0.15, -0.1) is 0 Å². The summed E-state index contributed by atoms with van der Waals surface area (Å²) in [6, 6.07) is 9.12. The van der Waals surface area contributed by atoms with Crippen LogP contribution < -0.4 is 5.32 Å². The number of carbonyl (C=O) groups is 1. The highest BCUT2D eigenvalue weighted by Crippen LogP contribution is 2.31. The van der Waals surface area contributed by atoms with Gasteiger partial charge in [0.1, 0.15) is 17.3 Å². The molecule has 1 N–H and O–H groups in total. The lowest BCUT2D eigenvalue weighted by Gasteiger charge is -2.30. The third-order valence-corrected chi connectivity index (χ3v) is 9.34. The van der Waals surface area contributed by atoms with Crippen molar-refractivity contribution in [3.63, 3.8) is 0 Å². The number of fused-ring (bicyclic) bond motifs is 1. The molecule has 0 bridgehead atoms. The minimum absolute atomic E-state index is 0.0417. The maximum atomic E-state index is 14.0. The fourth-order valence-electron chi connectivity index (χ4n) is 5.22. The smallest absolute Gasteiger partial charge is 0.248 e. The summed E-state index contributed by atoms with van der Waals surface area (Å²) in [4.78, 5) is 12.9. The Morgan fingerprint density at radius 2 is 1.87 bits per heavy atom. The molecule has 38 heavy (non-hydrogen) atoms. The van der Waals surface area contributed by atoms with Crippen LogP contribution in [0.1, 0.15) is 53.8 Å². The zero-order valence-corrected chi connectivity index (χ0v) is 21.9. The number of anilines is 1. The summed E-state index contributed by atoms with van der Waals surface area (Å²) in [6.45, 7) is 1.87. The zero-order chi connectivity index (χ0) is 26.9. The highest BCUT2D eigenvalue weighted by Gasteiger charge is 2.36. The number of rotatable bonds is 6. The summed E-state index contributed by atoms with van der Waals surface area (Å²) >= 11 is 0. The molecule has 2 aromatic carbocycles. The van der Waals surface area contributed by atoms with Crippen molar-refractivity contribution in [3.8, 4) is 0 Å². The molecule has 3 aromatic rings. The number of piperidine rings is 1. The van der Waals surface area contributed by atoms with Gasteiger partial charge in [-0.25, -0.2) is 17.2 Å². The summed E-state index contributed by atoms with van der Waals surface area (Å²) in [5.74, 6) is -1.92. The number of amides is 1. The van der Waals surface area contributed by atoms with Gasteiger partial charge >= 0.3 is 0 Å². The van der Waals surface area contributed by atoms with E-state index in [1.54, 1.807) is 0 Å². The quantitative estimate of drug-likeness (QED) is 0.454. The molecule has 2 aliphatic rings. The molecule has 0 radical (unpaired) electrons. The molecule has 0 saturated carbocycles. The van der Waals surface area contributed by atoms with Crippen LogP contribution in [0.25, 0.3) is 12.2 Å². The van der Waals surface area contributed by atoms with Crippen molar-refractivity contribution in [1.29, 1.82) is 0 Å². The van der Waals surface area contributed by atoms with E-state index in [4.69, 9.17) is 4.52 Å². The van der Waals surface area contributed by atoms with Gasteiger partial charge in [-0.1, -0.05) is 17.3 Å². The van der Waals surface area contributed by atoms with Gasteiger partial charge in [0, 0.05) is 36.3 Å².